The fourth-order valence-electron chi connectivity index (χ4n) is 1.47. The van der Waals surface area contributed by atoms with E-state index in [9.17, 15) is 21.6 Å². The van der Waals surface area contributed by atoms with Crippen molar-refractivity contribution in [3.05, 3.63) is 0 Å². The van der Waals surface area contributed by atoms with Gasteiger partial charge in [-0.25, -0.2) is 0 Å². The topological polar surface area (TPSA) is 59.0 Å². The van der Waals surface area contributed by atoms with Crippen LogP contribution in [0.2, 0.25) is 0 Å². The first-order valence-corrected chi connectivity index (χ1v) is 7.20. The predicted octanol–water partition coefficient (Wildman–Crippen LogP) is 2.35. The lowest BCUT2D eigenvalue weighted by molar-refractivity contribution is -0.0436. The van der Waals surface area contributed by atoms with Gasteiger partial charge >= 0.3 is 21.6 Å². The molecule has 0 saturated carbocycles. The molecule has 0 saturated heterocycles. The van der Waals surface area contributed by atoms with Crippen molar-refractivity contribution in [2.24, 2.45) is 4.40 Å². The zero-order valence-electron chi connectivity index (χ0n) is 11.5. The van der Waals surface area contributed by atoms with Crippen molar-refractivity contribution in [2.45, 2.75) is 52.2 Å². The first-order valence-electron chi connectivity index (χ1n) is 5.76. The van der Waals surface area contributed by atoms with Gasteiger partial charge in [0.1, 0.15) is 0 Å². The molecule has 114 valence electrons. The third-order valence-corrected chi connectivity index (χ3v) is 3.08. The maximum absolute atomic E-state index is 12.3. The SMILES string of the molecule is CCO/C(=N/S(=O)(=O)C(F)(F)F)N(C(C)C)C(C)C. The third kappa shape index (κ3) is 4.88. The lowest BCUT2D eigenvalue weighted by Gasteiger charge is -2.32. The molecule has 0 radical (unpaired) electrons. The average molecular weight is 304 g/mol. The highest BCUT2D eigenvalue weighted by atomic mass is 32.2. The number of nitrogens with zero attached hydrogens (tertiary/aromatic N) is 2. The quantitative estimate of drug-likeness (QED) is 0.591. The van der Waals surface area contributed by atoms with Gasteiger partial charge in [0, 0.05) is 12.1 Å². The molecule has 0 atom stereocenters. The molecule has 0 N–H and O–H groups in total. The summed E-state index contributed by atoms with van der Waals surface area (Å²) < 4.78 is 66.9. The fourth-order valence-corrected chi connectivity index (χ4v) is 1.93. The summed E-state index contributed by atoms with van der Waals surface area (Å²) in [6.45, 7) is 8.36. The van der Waals surface area contributed by atoms with Gasteiger partial charge in [-0.15, -0.1) is 4.40 Å². The van der Waals surface area contributed by atoms with E-state index in [0.717, 1.165) is 0 Å². The van der Waals surface area contributed by atoms with E-state index in [-0.39, 0.29) is 18.7 Å². The summed E-state index contributed by atoms with van der Waals surface area (Å²) in [5.74, 6) is 0. The normalized spacial score (nSPS) is 14.1. The van der Waals surface area contributed by atoms with Crippen molar-refractivity contribution in [3.63, 3.8) is 0 Å². The van der Waals surface area contributed by atoms with E-state index in [4.69, 9.17) is 4.74 Å². The van der Waals surface area contributed by atoms with E-state index in [0.29, 0.717) is 0 Å². The zero-order valence-corrected chi connectivity index (χ0v) is 12.3. The highest BCUT2D eigenvalue weighted by Gasteiger charge is 2.47. The van der Waals surface area contributed by atoms with Crippen LogP contribution < -0.4 is 0 Å². The van der Waals surface area contributed by atoms with Gasteiger partial charge in [-0.3, -0.25) is 0 Å². The van der Waals surface area contributed by atoms with Crippen LogP contribution in [0.15, 0.2) is 4.40 Å². The number of rotatable bonds is 4. The Bertz CT molecular complexity index is 408. The van der Waals surface area contributed by atoms with E-state index in [1.165, 1.54) is 11.8 Å². The van der Waals surface area contributed by atoms with Crippen LogP contribution in [-0.4, -0.2) is 43.5 Å². The Labute approximate surface area is 111 Å². The number of hydrogen-bond acceptors (Lipinski definition) is 3. The van der Waals surface area contributed by atoms with Crippen molar-refractivity contribution < 1.29 is 26.3 Å². The van der Waals surface area contributed by atoms with Gasteiger partial charge in [-0.2, -0.15) is 21.6 Å². The monoisotopic (exact) mass is 304 g/mol. The molecule has 0 aromatic rings. The van der Waals surface area contributed by atoms with Gasteiger partial charge in [0.05, 0.1) is 6.61 Å². The number of halogens is 3. The lowest BCUT2D eigenvalue weighted by atomic mass is 10.2. The molecule has 0 aromatic carbocycles. The van der Waals surface area contributed by atoms with Gasteiger partial charge < -0.3 is 9.64 Å². The van der Waals surface area contributed by atoms with E-state index >= 15 is 0 Å². The van der Waals surface area contributed by atoms with Gasteiger partial charge in [0.25, 0.3) is 0 Å². The molecule has 0 aliphatic heterocycles. The first kappa shape index (κ1) is 18.0. The Morgan fingerprint density at radius 1 is 1.21 bits per heavy atom. The summed E-state index contributed by atoms with van der Waals surface area (Å²) in [6.07, 6.45) is 0. The van der Waals surface area contributed by atoms with Crippen LogP contribution in [0, 0.1) is 0 Å². The van der Waals surface area contributed by atoms with Crippen molar-refractivity contribution in [3.8, 4) is 0 Å². The standard InChI is InChI=1S/C10H19F3N2O3S/c1-6-18-9(15(7(2)3)8(4)5)14-19(16,17)10(11,12)13/h7-8H,6H2,1-5H3/b14-9+. The molecule has 0 fully saturated rings. The van der Waals surface area contributed by atoms with Crippen LogP contribution in [0.5, 0.6) is 0 Å². The second kappa shape index (κ2) is 6.44. The van der Waals surface area contributed by atoms with Crippen LogP contribution in [0.25, 0.3) is 0 Å². The molecular formula is C10H19F3N2O3S. The van der Waals surface area contributed by atoms with Gasteiger partial charge in [-0.05, 0) is 34.6 Å². The van der Waals surface area contributed by atoms with E-state index in [1.54, 1.807) is 27.7 Å². The highest BCUT2D eigenvalue weighted by molar-refractivity contribution is 7.91. The van der Waals surface area contributed by atoms with Gasteiger partial charge in [0.2, 0.25) is 0 Å². The molecular weight excluding hydrogens is 285 g/mol. The molecule has 5 nitrogen and oxygen atoms in total. The summed E-state index contributed by atoms with van der Waals surface area (Å²) in [4.78, 5) is 1.37. The zero-order chi connectivity index (χ0) is 15.4. The Kier molecular flexibility index (Phi) is 6.11. The van der Waals surface area contributed by atoms with E-state index in [2.05, 4.69) is 4.40 Å². The number of hydrogen-bond donors (Lipinski definition) is 0. The minimum Gasteiger partial charge on any atom is -0.465 e. The van der Waals surface area contributed by atoms with Gasteiger partial charge in [-0.1, -0.05) is 0 Å². The molecule has 19 heavy (non-hydrogen) atoms. The molecule has 0 aliphatic rings. The molecule has 0 aliphatic carbocycles. The van der Waals surface area contributed by atoms with Crippen molar-refractivity contribution in [1.29, 1.82) is 0 Å². The Hall–Kier alpha value is -0.990. The van der Waals surface area contributed by atoms with Crippen LogP contribution in [0.1, 0.15) is 34.6 Å². The maximum Gasteiger partial charge on any atom is 0.518 e. The molecule has 0 rings (SSSR count). The summed E-state index contributed by atoms with van der Waals surface area (Å²) in [5.41, 5.74) is -5.44. The first-order chi connectivity index (χ1) is 8.44. The summed E-state index contributed by atoms with van der Waals surface area (Å²) in [7, 11) is -5.61. The summed E-state index contributed by atoms with van der Waals surface area (Å²) in [6, 6.07) is -1.05. The number of sulfonamides is 1. The Morgan fingerprint density at radius 3 is 1.89 bits per heavy atom. The Morgan fingerprint density at radius 2 is 1.63 bits per heavy atom. The second-order valence-electron chi connectivity index (χ2n) is 4.32. The van der Waals surface area contributed by atoms with Crippen molar-refractivity contribution >= 4 is 16.0 Å². The van der Waals surface area contributed by atoms with E-state index < -0.39 is 21.6 Å². The minimum absolute atomic E-state index is 0.0160. The van der Waals surface area contributed by atoms with Crippen molar-refractivity contribution in [1.82, 2.24) is 4.90 Å². The highest BCUT2D eigenvalue weighted by Crippen LogP contribution is 2.25. The van der Waals surface area contributed by atoms with Crippen LogP contribution in [0.3, 0.4) is 0 Å². The summed E-state index contributed by atoms with van der Waals surface area (Å²) in [5, 5.41) is 0. The Balaban J connectivity index is 5.67. The van der Waals surface area contributed by atoms with Crippen LogP contribution >= 0.6 is 0 Å². The fraction of sp³-hybridized carbons (Fsp3) is 0.900. The number of ether oxygens (including phenoxy) is 1. The number of amidine groups is 1. The smallest absolute Gasteiger partial charge is 0.465 e. The van der Waals surface area contributed by atoms with Crippen LogP contribution in [-0.2, 0) is 14.8 Å². The molecule has 0 heterocycles. The molecule has 9 heteroatoms. The van der Waals surface area contributed by atoms with Crippen LogP contribution in [0.4, 0.5) is 13.2 Å². The largest absolute Gasteiger partial charge is 0.518 e. The summed E-state index contributed by atoms with van der Waals surface area (Å²) >= 11 is 0. The minimum atomic E-state index is -5.61. The van der Waals surface area contributed by atoms with E-state index in [1.807, 2.05) is 0 Å². The maximum atomic E-state index is 12.3. The third-order valence-electron chi connectivity index (χ3n) is 2.10. The predicted molar refractivity (Wildman–Crippen MR) is 66.1 cm³/mol. The van der Waals surface area contributed by atoms with Gasteiger partial charge in [0.15, 0.2) is 0 Å². The molecule has 0 unspecified atom stereocenters. The molecule has 0 aromatic heterocycles. The molecule has 0 spiro atoms. The van der Waals surface area contributed by atoms with Crippen molar-refractivity contribution in [2.75, 3.05) is 6.61 Å². The second-order valence-corrected chi connectivity index (χ2v) is 5.92. The lowest BCUT2D eigenvalue weighted by Crippen LogP contribution is -2.44. The molecule has 0 bridgehead atoms. The molecule has 0 amide bonds. The average Bonchev–Trinajstić information content (AvgIpc) is 2.13. The number of alkyl halides is 3.